The Bertz CT molecular complexity index is 846. The van der Waals surface area contributed by atoms with Crippen molar-refractivity contribution in [1.82, 2.24) is 15.5 Å². The summed E-state index contributed by atoms with van der Waals surface area (Å²) in [5.41, 5.74) is 1.74. The van der Waals surface area contributed by atoms with Crippen molar-refractivity contribution in [2.75, 3.05) is 6.61 Å². The molecule has 0 atom stereocenters. The van der Waals surface area contributed by atoms with E-state index in [2.05, 4.69) is 22.4 Å². The molecule has 26 heavy (non-hydrogen) atoms. The maximum atomic E-state index is 12.0. The predicted molar refractivity (Wildman–Crippen MR) is 97.5 cm³/mol. The van der Waals surface area contributed by atoms with Crippen LogP contribution < -0.4 is 10.1 Å². The van der Waals surface area contributed by atoms with Crippen LogP contribution in [0.4, 0.5) is 0 Å². The third-order valence-corrected chi connectivity index (χ3v) is 3.75. The van der Waals surface area contributed by atoms with Crippen LogP contribution in [-0.2, 0) is 17.8 Å². The smallest absolute Gasteiger partial charge is 0.258 e. The first-order valence-electron chi connectivity index (χ1n) is 8.61. The molecule has 1 aromatic heterocycles. The van der Waals surface area contributed by atoms with Crippen LogP contribution in [0.5, 0.6) is 5.75 Å². The minimum Gasteiger partial charge on any atom is -0.483 e. The molecule has 1 N–H and O–H groups in total. The monoisotopic (exact) mass is 351 g/mol. The fourth-order valence-corrected chi connectivity index (χ4v) is 2.45. The lowest BCUT2D eigenvalue weighted by Crippen LogP contribution is -2.28. The lowest BCUT2D eigenvalue weighted by atomic mass is 10.2. The number of aromatic nitrogens is 2. The highest BCUT2D eigenvalue weighted by molar-refractivity contribution is 5.78. The van der Waals surface area contributed by atoms with Gasteiger partial charge in [0.1, 0.15) is 5.75 Å². The number of carbonyl (C=O) groups is 1. The zero-order valence-corrected chi connectivity index (χ0v) is 14.6. The van der Waals surface area contributed by atoms with Gasteiger partial charge in [-0.05, 0) is 24.1 Å². The van der Waals surface area contributed by atoms with Crippen LogP contribution in [0, 0.1) is 0 Å². The number of hydrogen-bond donors (Lipinski definition) is 1. The van der Waals surface area contributed by atoms with E-state index in [0.717, 1.165) is 18.4 Å². The highest BCUT2D eigenvalue weighted by Crippen LogP contribution is 2.27. The normalized spacial score (nSPS) is 10.5. The molecule has 134 valence electrons. The van der Waals surface area contributed by atoms with Gasteiger partial charge in [0.25, 0.3) is 5.91 Å². The van der Waals surface area contributed by atoms with Crippen LogP contribution in [0.3, 0.4) is 0 Å². The van der Waals surface area contributed by atoms with Crippen molar-refractivity contribution in [1.29, 1.82) is 0 Å². The summed E-state index contributed by atoms with van der Waals surface area (Å²) in [6, 6.07) is 17.1. The van der Waals surface area contributed by atoms with Crippen LogP contribution in [0.25, 0.3) is 11.4 Å². The molecule has 2 aromatic carbocycles. The van der Waals surface area contributed by atoms with E-state index in [9.17, 15) is 4.79 Å². The van der Waals surface area contributed by atoms with E-state index in [1.165, 1.54) is 0 Å². The zero-order valence-electron chi connectivity index (χ0n) is 14.6. The Morgan fingerprint density at radius 2 is 1.88 bits per heavy atom. The molecule has 0 aliphatic heterocycles. The first-order chi connectivity index (χ1) is 12.8. The molecule has 3 aromatic rings. The van der Waals surface area contributed by atoms with E-state index in [-0.39, 0.29) is 12.5 Å². The second-order valence-electron chi connectivity index (χ2n) is 5.81. The summed E-state index contributed by atoms with van der Waals surface area (Å²) in [5.74, 6) is 1.42. The van der Waals surface area contributed by atoms with Gasteiger partial charge in [-0.15, -0.1) is 0 Å². The van der Waals surface area contributed by atoms with Crippen molar-refractivity contribution in [3.05, 3.63) is 66.1 Å². The summed E-state index contributed by atoms with van der Waals surface area (Å²) < 4.78 is 10.9. The fraction of sp³-hybridized carbons (Fsp3) is 0.250. The van der Waals surface area contributed by atoms with Gasteiger partial charge in [-0.2, -0.15) is 4.98 Å². The highest BCUT2D eigenvalue weighted by Gasteiger charge is 2.14. The molecule has 0 aliphatic carbocycles. The molecule has 0 unspecified atom stereocenters. The SMILES string of the molecule is CCCc1nc(-c2ccccc2OCC(=O)NCc2ccccc2)no1. The molecule has 0 aliphatic rings. The van der Waals surface area contributed by atoms with Crippen molar-refractivity contribution in [3.8, 4) is 17.1 Å². The average molecular weight is 351 g/mol. The number of aryl methyl sites for hydroxylation is 1. The number of amides is 1. The van der Waals surface area contributed by atoms with E-state index in [0.29, 0.717) is 29.6 Å². The Kier molecular flexibility index (Phi) is 5.98. The Hall–Kier alpha value is -3.15. The third kappa shape index (κ3) is 4.69. The molecule has 6 nitrogen and oxygen atoms in total. The van der Waals surface area contributed by atoms with Crippen molar-refractivity contribution < 1.29 is 14.1 Å². The second-order valence-corrected chi connectivity index (χ2v) is 5.81. The number of rotatable bonds is 8. The van der Waals surface area contributed by atoms with Gasteiger partial charge in [0, 0.05) is 13.0 Å². The Morgan fingerprint density at radius 1 is 1.12 bits per heavy atom. The molecule has 0 bridgehead atoms. The third-order valence-electron chi connectivity index (χ3n) is 3.75. The summed E-state index contributed by atoms with van der Waals surface area (Å²) in [6.07, 6.45) is 1.67. The topological polar surface area (TPSA) is 77.2 Å². The molecule has 3 rings (SSSR count). The lowest BCUT2D eigenvalue weighted by Gasteiger charge is -2.10. The van der Waals surface area contributed by atoms with Gasteiger partial charge in [0.15, 0.2) is 6.61 Å². The number of nitrogens with one attached hydrogen (secondary N) is 1. The minimum absolute atomic E-state index is 0.0798. The van der Waals surface area contributed by atoms with Crippen LogP contribution in [0.15, 0.2) is 59.1 Å². The van der Waals surface area contributed by atoms with Gasteiger partial charge in [0.2, 0.25) is 11.7 Å². The molecule has 0 saturated heterocycles. The molecule has 0 radical (unpaired) electrons. The first kappa shape index (κ1) is 17.7. The van der Waals surface area contributed by atoms with Gasteiger partial charge in [-0.1, -0.05) is 54.5 Å². The lowest BCUT2D eigenvalue weighted by molar-refractivity contribution is -0.123. The molecular weight excluding hydrogens is 330 g/mol. The molecule has 6 heteroatoms. The maximum Gasteiger partial charge on any atom is 0.258 e. The molecule has 1 amide bonds. The fourth-order valence-electron chi connectivity index (χ4n) is 2.45. The summed E-state index contributed by atoms with van der Waals surface area (Å²) >= 11 is 0. The molecule has 1 heterocycles. The van der Waals surface area contributed by atoms with E-state index >= 15 is 0 Å². The Labute approximate surface area is 152 Å². The number of nitrogens with zero attached hydrogens (tertiary/aromatic N) is 2. The standard InChI is InChI=1S/C20H21N3O3/c1-2-8-19-22-20(23-26-19)16-11-6-7-12-17(16)25-14-18(24)21-13-15-9-4-3-5-10-15/h3-7,9-12H,2,8,13-14H2,1H3,(H,21,24). The average Bonchev–Trinajstić information content (AvgIpc) is 3.14. The van der Waals surface area contributed by atoms with Gasteiger partial charge in [-0.25, -0.2) is 0 Å². The van der Waals surface area contributed by atoms with Crippen molar-refractivity contribution in [2.45, 2.75) is 26.3 Å². The van der Waals surface area contributed by atoms with Crippen molar-refractivity contribution >= 4 is 5.91 Å². The van der Waals surface area contributed by atoms with Crippen LogP contribution in [-0.4, -0.2) is 22.7 Å². The molecule has 0 saturated carbocycles. The van der Waals surface area contributed by atoms with Crippen LogP contribution in [0.1, 0.15) is 24.8 Å². The van der Waals surface area contributed by atoms with E-state index < -0.39 is 0 Å². The number of benzene rings is 2. The zero-order chi connectivity index (χ0) is 18.2. The summed E-state index contributed by atoms with van der Waals surface area (Å²) in [4.78, 5) is 16.4. The van der Waals surface area contributed by atoms with Crippen LogP contribution in [0.2, 0.25) is 0 Å². The molecular formula is C20H21N3O3. The minimum atomic E-state index is -0.191. The largest absolute Gasteiger partial charge is 0.483 e. The van der Waals surface area contributed by atoms with Crippen molar-refractivity contribution in [2.24, 2.45) is 0 Å². The van der Waals surface area contributed by atoms with E-state index in [4.69, 9.17) is 9.26 Å². The number of carbonyl (C=O) groups excluding carboxylic acids is 1. The summed E-state index contributed by atoms with van der Waals surface area (Å²) in [5, 5.41) is 6.84. The summed E-state index contributed by atoms with van der Waals surface area (Å²) in [6.45, 7) is 2.44. The van der Waals surface area contributed by atoms with Crippen LogP contribution >= 0.6 is 0 Å². The predicted octanol–water partition coefficient (Wildman–Crippen LogP) is 3.38. The van der Waals surface area contributed by atoms with E-state index in [1.54, 1.807) is 6.07 Å². The highest BCUT2D eigenvalue weighted by atomic mass is 16.5. The van der Waals surface area contributed by atoms with Gasteiger partial charge in [-0.3, -0.25) is 4.79 Å². The molecule has 0 fully saturated rings. The summed E-state index contributed by atoms with van der Waals surface area (Å²) in [7, 11) is 0. The number of ether oxygens (including phenoxy) is 1. The second kappa shape index (κ2) is 8.80. The van der Waals surface area contributed by atoms with E-state index in [1.807, 2.05) is 48.5 Å². The Morgan fingerprint density at radius 3 is 2.69 bits per heavy atom. The number of hydrogen-bond acceptors (Lipinski definition) is 5. The maximum absolute atomic E-state index is 12.0. The van der Waals surface area contributed by atoms with Gasteiger partial charge in [0.05, 0.1) is 5.56 Å². The first-order valence-corrected chi connectivity index (χ1v) is 8.61. The van der Waals surface area contributed by atoms with Gasteiger partial charge < -0.3 is 14.6 Å². The quantitative estimate of drug-likeness (QED) is 0.673. The van der Waals surface area contributed by atoms with Gasteiger partial charge >= 0.3 is 0 Å². The molecule has 0 spiro atoms. The van der Waals surface area contributed by atoms with Crippen molar-refractivity contribution in [3.63, 3.8) is 0 Å². The number of para-hydroxylation sites is 1. The Balaban J connectivity index is 1.60.